The van der Waals surface area contributed by atoms with Crippen LogP contribution in [0.4, 0.5) is 5.69 Å². The summed E-state index contributed by atoms with van der Waals surface area (Å²) in [7, 11) is -3.77. The van der Waals surface area contributed by atoms with Gasteiger partial charge < -0.3 is 10.2 Å². The number of anilines is 1. The van der Waals surface area contributed by atoms with Gasteiger partial charge in [-0.05, 0) is 37.1 Å². The summed E-state index contributed by atoms with van der Waals surface area (Å²) in [6.45, 7) is 3.79. The lowest BCUT2D eigenvalue weighted by Gasteiger charge is -2.33. The Labute approximate surface area is 212 Å². The fraction of sp³-hybridized carbons (Fsp3) is 0.417. The number of unbranched alkanes of at least 4 members (excludes halogenated alkanes) is 1. The third-order valence-electron chi connectivity index (χ3n) is 5.33. The number of carbonyl (C=O) groups excluding carboxylic acids is 2. The summed E-state index contributed by atoms with van der Waals surface area (Å²) >= 11 is 12.7. The SMILES string of the molecule is CCCCNC(=O)[C@H](CC)N(Cc1c(Cl)cccc1Cl)C(=O)CN(c1ccccc1)S(C)(=O)=O. The minimum Gasteiger partial charge on any atom is -0.354 e. The number of sulfonamides is 1. The maximum Gasteiger partial charge on any atom is 0.244 e. The van der Waals surface area contributed by atoms with Crippen molar-refractivity contribution in [2.75, 3.05) is 23.7 Å². The lowest BCUT2D eigenvalue weighted by Crippen LogP contribution is -2.52. The average Bonchev–Trinajstić information content (AvgIpc) is 2.79. The summed E-state index contributed by atoms with van der Waals surface area (Å²) in [6.07, 6.45) is 3.09. The van der Waals surface area contributed by atoms with E-state index in [-0.39, 0.29) is 12.5 Å². The van der Waals surface area contributed by atoms with Crippen LogP contribution in [0.5, 0.6) is 0 Å². The summed E-state index contributed by atoms with van der Waals surface area (Å²) < 4.78 is 26.1. The molecule has 10 heteroatoms. The molecule has 0 unspecified atom stereocenters. The molecule has 34 heavy (non-hydrogen) atoms. The molecule has 0 heterocycles. The molecule has 0 aliphatic carbocycles. The van der Waals surface area contributed by atoms with Crippen molar-refractivity contribution in [1.82, 2.24) is 10.2 Å². The van der Waals surface area contributed by atoms with E-state index in [9.17, 15) is 18.0 Å². The zero-order valence-corrected chi connectivity index (χ0v) is 22.0. The predicted octanol–water partition coefficient (Wildman–Crippen LogP) is 4.48. The van der Waals surface area contributed by atoms with Crippen LogP contribution in [0.15, 0.2) is 48.5 Å². The molecule has 0 saturated carbocycles. The number of hydrogen-bond acceptors (Lipinski definition) is 4. The second kappa shape index (κ2) is 13.0. The first kappa shape index (κ1) is 28.0. The maximum absolute atomic E-state index is 13.6. The monoisotopic (exact) mass is 527 g/mol. The summed E-state index contributed by atoms with van der Waals surface area (Å²) in [4.78, 5) is 28.0. The highest BCUT2D eigenvalue weighted by Crippen LogP contribution is 2.27. The minimum atomic E-state index is -3.77. The van der Waals surface area contributed by atoms with Gasteiger partial charge in [0, 0.05) is 28.7 Å². The van der Waals surface area contributed by atoms with Gasteiger partial charge in [0.1, 0.15) is 12.6 Å². The molecule has 1 atom stereocenters. The van der Waals surface area contributed by atoms with Crippen molar-refractivity contribution in [3.8, 4) is 0 Å². The van der Waals surface area contributed by atoms with E-state index in [0.717, 1.165) is 23.4 Å². The zero-order valence-electron chi connectivity index (χ0n) is 19.6. The van der Waals surface area contributed by atoms with E-state index in [0.29, 0.717) is 34.3 Å². The van der Waals surface area contributed by atoms with Crippen molar-refractivity contribution in [1.29, 1.82) is 0 Å². The van der Waals surface area contributed by atoms with Crippen molar-refractivity contribution in [2.45, 2.75) is 45.7 Å². The highest BCUT2D eigenvalue weighted by atomic mass is 35.5. The fourth-order valence-corrected chi connectivity index (χ4v) is 4.85. The number of nitrogens with one attached hydrogen (secondary N) is 1. The van der Waals surface area contributed by atoms with Crippen LogP contribution in [-0.2, 0) is 26.2 Å². The summed E-state index contributed by atoms with van der Waals surface area (Å²) in [5, 5.41) is 3.58. The topological polar surface area (TPSA) is 86.8 Å². The number of hydrogen-bond donors (Lipinski definition) is 1. The normalized spacial score (nSPS) is 12.1. The van der Waals surface area contributed by atoms with Gasteiger partial charge in [-0.1, -0.05) is 67.7 Å². The van der Waals surface area contributed by atoms with Gasteiger partial charge in [-0.2, -0.15) is 0 Å². The number of carbonyl (C=O) groups is 2. The van der Waals surface area contributed by atoms with Crippen molar-refractivity contribution >= 4 is 50.7 Å². The molecule has 0 fully saturated rings. The van der Waals surface area contributed by atoms with E-state index in [1.54, 1.807) is 55.5 Å². The number of nitrogens with zero attached hydrogens (tertiary/aromatic N) is 2. The second-order valence-corrected chi connectivity index (χ2v) is 10.6. The summed E-state index contributed by atoms with van der Waals surface area (Å²) in [6, 6.07) is 12.5. The van der Waals surface area contributed by atoms with Gasteiger partial charge >= 0.3 is 0 Å². The van der Waals surface area contributed by atoms with Gasteiger partial charge in [0.2, 0.25) is 21.8 Å². The quantitative estimate of drug-likeness (QED) is 0.412. The third-order valence-corrected chi connectivity index (χ3v) is 7.18. The fourth-order valence-electron chi connectivity index (χ4n) is 3.49. The Hall–Kier alpha value is -2.29. The molecule has 1 N–H and O–H groups in total. The van der Waals surface area contributed by atoms with Crippen molar-refractivity contribution in [2.24, 2.45) is 0 Å². The van der Waals surface area contributed by atoms with Crippen LogP contribution < -0.4 is 9.62 Å². The Bertz CT molecular complexity index is 1060. The number of rotatable bonds is 12. The van der Waals surface area contributed by atoms with Crippen LogP contribution >= 0.6 is 23.2 Å². The van der Waals surface area contributed by atoms with Gasteiger partial charge in [0.25, 0.3) is 0 Å². The molecule has 0 radical (unpaired) electrons. The Morgan fingerprint density at radius 2 is 1.62 bits per heavy atom. The zero-order chi connectivity index (χ0) is 25.3. The second-order valence-electron chi connectivity index (χ2n) is 7.90. The van der Waals surface area contributed by atoms with E-state index in [2.05, 4.69) is 5.32 Å². The number of halogens is 2. The highest BCUT2D eigenvalue weighted by Gasteiger charge is 2.32. The van der Waals surface area contributed by atoms with Crippen LogP contribution in [0.2, 0.25) is 10.0 Å². The Morgan fingerprint density at radius 1 is 1.00 bits per heavy atom. The van der Waals surface area contributed by atoms with Crippen molar-refractivity contribution in [3.05, 3.63) is 64.1 Å². The molecule has 2 rings (SSSR count). The van der Waals surface area contributed by atoms with Crippen molar-refractivity contribution < 1.29 is 18.0 Å². The van der Waals surface area contributed by atoms with Gasteiger partial charge in [-0.25, -0.2) is 8.42 Å². The van der Waals surface area contributed by atoms with Gasteiger partial charge in [0.05, 0.1) is 11.9 Å². The molecule has 2 aromatic rings. The number of benzene rings is 2. The standard InChI is InChI=1S/C24H31Cl2N3O4S/c1-4-6-15-27-24(31)22(5-2)28(16-19-20(25)13-10-14-21(19)26)23(30)17-29(34(3,32)33)18-11-8-7-9-12-18/h7-14,22H,4-6,15-17H2,1-3H3,(H,27,31)/t22-/m0/s1. The van der Waals surface area contributed by atoms with Crippen LogP contribution in [0, 0.1) is 0 Å². The van der Waals surface area contributed by atoms with E-state index >= 15 is 0 Å². The average molecular weight is 529 g/mol. The van der Waals surface area contributed by atoms with Crippen LogP contribution in [-0.4, -0.2) is 50.5 Å². The first-order chi connectivity index (χ1) is 16.1. The lowest BCUT2D eigenvalue weighted by molar-refractivity contribution is -0.140. The van der Waals surface area contributed by atoms with Crippen molar-refractivity contribution in [3.63, 3.8) is 0 Å². The molecule has 2 aromatic carbocycles. The Kier molecular flexibility index (Phi) is 10.7. The molecule has 2 amide bonds. The predicted molar refractivity (Wildman–Crippen MR) is 138 cm³/mol. The lowest BCUT2D eigenvalue weighted by atomic mass is 10.1. The first-order valence-electron chi connectivity index (χ1n) is 11.1. The molecule has 186 valence electrons. The molecule has 0 aliphatic rings. The summed E-state index contributed by atoms with van der Waals surface area (Å²) in [5.41, 5.74) is 0.846. The van der Waals surface area contributed by atoms with Crippen LogP contribution in [0.25, 0.3) is 0 Å². The molecule has 0 saturated heterocycles. The molecular weight excluding hydrogens is 497 g/mol. The summed E-state index contributed by atoms with van der Waals surface area (Å²) in [5.74, 6) is -0.846. The Balaban J connectivity index is 2.44. The number of para-hydroxylation sites is 1. The van der Waals surface area contributed by atoms with Gasteiger partial charge in [-0.15, -0.1) is 0 Å². The smallest absolute Gasteiger partial charge is 0.244 e. The largest absolute Gasteiger partial charge is 0.354 e. The highest BCUT2D eigenvalue weighted by molar-refractivity contribution is 7.92. The molecule has 0 aromatic heterocycles. The van der Waals surface area contributed by atoms with Gasteiger partial charge in [0.15, 0.2) is 0 Å². The molecular formula is C24H31Cl2N3O4S. The number of amides is 2. The minimum absolute atomic E-state index is 0.0383. The van der Waals surface area contributed by atoms with Crippen LogP contribution in [0.1, 0.15) is 38.7 Å². The van der Waals surface area contributed by atoms with E-state index < -0.39 is 28.5 Å². The van der Waals surface area contributed by atoms with Crippen LogP contribution in [0.3, 0.4) is 0 Å². The first-order valence-corrected chi connectivity index (χ1v) is 13.7. The van der Waals surface area contributed by atoms with Gasteiger partial charge in [-0.3, -0.25) is 13.9 Å². The Morgan fingerprint density at radius 3 is 2.15 bits per heavy atom. The molecule has 7 nitrogen and oxygen atoms in total. The van der Waals surface area contributed by atoms with E-state index in [1.165, 1.54) is 4.90 Å². The molecule has 0 spiro atoms. The molecule has 0 aliphatic heterocycles. The molecule has 0 bridgehead atoms. The third kappa shape index (κ3) is 7.61. The van der Waals surface area contributed by atoms with E-state index in [1.807, 2.05) is 6.92 Å². The maximum atomic E-state index is 13.6. The van der Waals surface area contributed by atoms with E-state index in [4.69, 9.17) is 23.2 Å².